The molecule has 1 amide bonds. The second-order valence-electron chi connectivity index (χ2n) is 5.59. The number of carbonyl (C=O) groups is 2. The Morgan fingerprint density at radius 1 is 1.24 bits per heavy atom. The molecule has 6 nitrogen and oxygen atoms in total. The molecule has 0 bridgehead atoms. The summed E-state index contributed by atoms with van der Waals surface area (Å²) in [6.07, 6.45) is 0.410. The van der Waals surface area contributed by atoms with E-state index >= 15 is 0 Å². The summed E-state index contributed by atoms with van der Waals surface area (Å²) in [5.74, 6) is -0.617. The van der Waals surface area contributed by atoms with E-state index in [1.54, 1.807) is 6.92 Å². The Morgan fingerprint density at radius 2 is 1.81 bits per heavy atom. The molecule has 0 spiro atoms. The number of Topliss-reactive ketones (excluding diaryl/α,β-unsaturated/α-hetero) is 1. The molecule has 7 heteroatoms. The van der Waals surface area contributed by atoms with Gasteiger partial charge in [0.2, 0.25) is 15.9 Å². The predicted octanol–water partition coefficient (Wildman–Crippen LogP) is 0.775. The molecule has 0 aliphatic carbocycles. The fraction of sp³-hybridized carbons (Fsp3) is 0.429. The molecular formula is C14H18N2O4S. The van der Waals surface area contributed by atoms with E-state index in [0.717, 1.165) is 0 Å². The summed E-state index contributed by atoms with van der Waals surface area (Å²) in [4.78, 5) is 22.7. The average Bonchev–Trinajstić information content (AvgIpc) is 2.84. The Bertz CT molecular complexity index is 681. The molecule has 0 saturated carbocycles. The first-order valence-corrected chi connectivity index (χ1v) is 8.02. The Labute approximate surface area is 124 Å². The summed E-state index contributed by atoms with van der Waals surface area (Å²) in [5.41, 5.74) is 4.96. The Balaban J connectivity index is 2.27. The smallest absolute Gasteiger partial charge is 0.243 e. The van der Waals surface area contributed by atoms with Crippen LogP contribution in [0.2, 0.25) is 0 Å². The Kier molecular flexibility index (Phi) is 3.90. The number of rotatable bonds is 4. The molecule has 1 aromatic rings. The van der Waals surface area contributed by atoms with E-state index in [2.05, 4.69) is 0 Å². The van der Waals surface area contributed by atoms with Crippen molar-refractivity contribution in [3.63, 3.8) is 0 Å². The van der Waals surface area contributed by atoms with Crippen LogP contribution in [0.15, 0.2) is 29.2 Å². The highest BCUT2D eigenvalue weighted by Crippen LogP contribution is 2.33. The molecule has 21 heavy (non-hydrogen) atoms. The van der Waals surface area contributed by atoms with E-state index in [4.69, 9.17) is 5.73 Å². The molecule has 2 rings (SSSR count). The van der Waals surface area contributed by atoms with Crippen molar-refractivity contribution in [2.24, 2.45) is 11.1 Å². The summed E-state index contributed by atoms with van der Waals surface area (Å²) in [7, 11) is -3.67. The highest BCUT2D eigenvalue weighted by Gasteiger charge is 2.43. The largest absolute Gasteiger partial charge is 0.369 e. The second kappa shape index (κ2) is 5.23. The van der Waals surface area contributed by atoms with Crippen LogP contribution in [0.5, 0.6) is 0 Å². The van der Waals surface area contributed by atoms with Crippen LogP contribution in [0.1, 0.15) is 30.6 Å². The van der Waals surface area contributed by atoms with Gasteiger partial charge in [0.1, 0.15) is 0 Å². The van der Waals surface area contributed by atoms with Crippen molar-refractivity contribution in [2.45, 2.75) is 25.2 Å². The number of sulfonamides is 1. The number of nitrogens with zero attached hydrogens (tertiary/aromatic N) is 1. The maximum absolute atomic E-state index is 12.5. The zero-order valence-electron chi connectivity index (χ0n) is 12.0. The molecule has 1 saturated heterocycles. The Morgan fingerprint density at radius 3 is 2.24 bits per heavy atom. The molecule has 1 aromatic carbocycles. The molecule has 0 radical (unpaired) electrons. The number of hydrogen-bond donors (Lipinski definition) is 1. The monoisotopic (exact) mass is 310 g/mol. The van der Waals surface area contributed by atoms with Crippen LogP contribution in [0.25, 0.3) is 0 Å². The van der Waals surface area contributed by atoms with E-state index in [1.807, 2.05) is 0 Å². The third-order valence-corrected chi connectivity index (χ3v) is 5.79. The number of nitrogens with two attached hydrogens (primary N) is 1. The molecule has 1 aliphatic rings. The number of benzene rings is 1. The summed E-state index contributed by atoms with van der Waals surface area (Å²) >= 11 is 0. The van der Waals surface area contributed by atoms with Crippen molar-refractivity contribution >= 4 is 21.7 Å². The molecular weight excluding hydrogens is 292 g/mol. The van der Waals surface area contributed by atoms with Crippen molar-refractivity contribution in [3.8, 4) is 0 Å². The van der Waals surface area contributed by atoms with E-state index in [9.17, 15) is 18.0 Å². The van der Waals surface area contributed by atoms with E-state index in [1.165, 1.54) is 35.5 Å². The molecule has 1 heterocycles. The lowest BCUT2D eigenvalue weighted by Gasteiger charge is -2.21. The number of ketones is 1. The first-order chi connectivity index (χ1) is 9.67. The standard InChI is InChI=1S/C14H18N2O4S/c1-10(17)11-3-5-12(6-4-11)21(19,20)16-8-7-14(2,9-16)13(15)18/h3-6H,7-9H2,1-2H3,(H2,15,18). The fourth-order valence-corrected chi connectivity index (χ4v) is 3.90. The van der Waals surface area contributed by atoms with E-state index in [0.29, 0.717) is 12.0 Å². The van der Waals surface area contributed by atoms with Crippen LogP contribution in [-0.4, -0.2) is 37.5 Å². The quantitative estimate of drug-likeness (QED) is 0.831. The van der Waals surface area contributed by atoms with Gasteiger partial charge in [-0.3, -0.25) is 9.59 Å². The van der Waals surface area contributed by atoms with Gasteiger partial charge in [-0.05, 0) is 32.4 Å². The fourth-order valence-electron chi connectivity index (χ4n) is 2.34. The average molecular weight is 310 g/mol. The van der Waals surface area contributed by atoms with Gasteiger partial charge in [0, 0.05) is 18.7 Å². The van der Waals surface area contributed by atoms with Crippen LogP contribution in [-0.2, 0) is 14.8 Å². The van der Waals surface area contributed by atoms with Gasteiger partial charge in [-0.1, -0.05) is 12.1 Å². The predicted molar refractivity (Wildman–Crippen MR) is 77.1 cm³/mol. The highest BCUT2D eigenvalue weighted by atomic mass is 32.2. The minimum atomic E-state index is -3.67. The van der Waals surface area contributed by atoms with Gasteiger partial charge >= 0.3 is 0 Å². The summed E-state index contributed by atoms with van der Waals surface area (Å²) < 4.78 is 26.3. The first kappa shape index (κ1) is 15.7. The van der Waals surface area contributed by atoms with Gasteiger partial charge in [0.05, 0.1) is 10.3 Å². The number of hydrogen-bond acceptors (Lipinski definition) is 4. The molecule has 1 aliphatic heterocycles. The third-order valence-electron chi connectivity index (χ3n) is 3.93. The van der Waals surface area contributed by atoms with Crippen LogP contribution < -0.4 is 5.73 Å². The minimum Gasteiger partial charge on any atom is -0.369 e. The molecule has 2 N–H and O–H groups in total. The van der Waals surface area contributed by atoms with Crippen LogP contribution in [0, 0.1) is 5.41 Å². The second-order valence-corrected chi connectivity index (χ2v) is 7.53. The lowest BCUT2D eigenvalue weighted by molar-refractivity contribution is -0.126. The number of carbonyl (C=O) groups excluding carboxylic acids is 2. The van der Waals surface area contributed by atoms with Crippen LogP contribution >= 0.6 is 0 Å². The van der Waals surface area contributed by atoms with Crippen molar-refractivity contribution in [1.82, 2.24) is 4.31 Å². The van der Waals surface area contributed by atoms with E-state index < -0.39 is 21.3 Å². The molecule has 1 unspecified atom stereocenters. The maximum Gasteiger partial charge on any atom is 0.243 e. The summed E-state index contributed by atoms with van der Waals surface area (Å²) in [5, 5.41) is 0. The summed E-state index contributed by atoms with van der Waals surface area (Å²) in [6.45, 7) is 3.43. The first-order valence-electron chi connectivity index (χ1n) is 6.58. The molecule has 1 fully saturated rings. The van der Waals surface area contributed by atoms with Crippen molar-refractivity contribution in [2.75, 3.05) is 13.1 Å². The third kappa shape index (κ3) is 2.84. The Hall–Kier alpha value is -1.73. The number of primary amides is 1. The van der Waals surface area contributed by atoms with Gasteiger partial charge in [-0.2, -0.15) is 4.31 Å². The highest BCUT2D eigenvalue weighted by molar-refractivity contribution is 7.89. The zero-order valence-corrected chi connectivity index (χ0v) is 12.8. The van der Waals surface area contributed by atoms with Crippen molar-refractivity contribution in [1.29, 1.82) is 0 Å². The van der Waals surface area contributed by atoms with Gasteiger partial charge in [0.25, 0.3) is 0 Å². The maximum atomic E-state index is 12.5. The van der Waals surface area contributed by atoms with Crippen LogP contribution in [0.4, 0.5) is 0 Å². The van der Waals surface area contributed by atoms with E-state index in [-0.39, 0.29) is 23.8 Å². The summed E-state index contributed by atoms with van der Waals surface area (Å²) in [6, 6.07) is 5.79. The SMILES string of the molecule is CC(=O)c1ccc(S(=O)(=O)N2CCC(C)(C(N)=O)C2)cc1. The molecule has 1 atom stereocenters. The van der Waals surface area contributed by atoms with Gasteiger partial charge in [0.15, 0.2) is 5.78 Å². The lowest BCUT2D eigenvalue weighted by Crippen LogP contribution is -2.38. The van der Waals surface area contributed by atoms with Crippen molar-refractivity contribution < 1.29 is 18.0 Å². The lowest BCUT2D eigenvalue weighted by atomic mass is 9.89. The number of amides is 1. The molecule has 114 valence electrons. The topological polar surface area (TPSA) is 97.5 Å². The minimum absolute atomic E-state index is 0.0825. The zero-order chi connectivity index (χ0) is 15.8. The van der Waals surface area contributed by atoms with Gasteiger partial charge in [-0.15, -0.1) is 0 Å². The van der Waals surface area contributed by atoms with Crippen molar-refractivity contribution in [3.05, 3.63) is 29.8 Å². The van der Waals surface area contributed by atoms with Gasteiger partial charge < -0.3 is 5.73 Å². The van der Waals surface area contributed by atoms with Crippen LogP contribution in [0.3, 0.4) is 0 Å². The molecule has 0 aromatic heterocycles. The normalized spacial score (nSPS) is 23.1. The van der Waals surface area contributed by atoms with Gasteiger partial charge in [-0.25, -0.2) is 8.42 Å².